The van der Waals surface area contributed by atoms with Crippen LogP contribution in [0.15, 0.2) is 10.4 Å². The zero-order chi connectivity index (χ0) is 15.7. The first-order chi connectivity index (χ1) is 9.97. The van der Waals surface area contributed by atoms with Crippen LogP contribution < -0.4 is 10.6 Å². The highest BCUT2D eigenvalue weighted by Crippen LogP contribution is 2.30. The molecule has 0 unspecified atom stereocenters. The molecule has 0 aliphatic carbocycles. The van der Waals surface area contributed by atoms with Crippen molar-refractivity contribution in [3.8, 4) is 0 Å². The van der Waals surface area contributed by atoms with Gasteiger partial charge in [-0.25, -0.2) is 9.98 Å². The molecule has 0 bridgehead atoms. The molecule has 1 aromatic rings. The van der Waals surface area contributed by atoms with Gasteiger partial charge in [0.1, 0.15) is 5.01 Å². The van der Waals surface area contributed by atoms with Crippen LogP contribution in [0.4, 0.5) is 13.2 Å². The third kappa shape index (κ3) is 8.42. The van der Waals surface area contributed by atoms with Crippen LogP contribution >= 0.6 is 47.1 Å². The van der Waals surface area contributed by atoms with Crippen LogP contribution in [0.3, 0.4) is 0 Å². The molecule has 0 aromatic carbocycles. The Hall–Kier alpha value is -0.230. The average Bonchev–Trinajstić information content (AvgIpc) is 2.89. The standard InChI is InChI=1S/C12H19F3N4S2.HI/c1-3-16-11(17-5-4-6-20-2)18-7-10-19-9(8-21-10)12(13,14)15;/h8H,3-7H2,1-2H3,(H2,16,17,18);1H. The Balaban J connectivity index is 0.00000441. The second-order valence-electron chi connectivity index (χ2n) is 4.09. The topological polar surface area (TPSA) is 49.3 Å². The molecule has 2 N–H and O–H groups in total. The lowest BCUT2D eigenvalue weighted by atomic mass is 10.5. The van der Waals surface area contributed by atoms with Crippen LogP contribution in [0, 0.1) is 0 Å². The number of rotatable bonds is 7. The van der Waals surface area contributed by atoms with Crippen molar-refractivity contribution in [3.63, 3.8) is 0 Å². The summed E-state index contributed by atoms with van der Waals surface area (Å²) in [6.45, 7) is 3.54. The molecule has 0 spiro atoms. The number of alkyl halides is 3. The Bertz CT molecular complexity index is 452. The zero-order valence-electron chi connectivity index (χ0n) is 12.4. The highest BCUT2D eigenvalue weighted by atomic mass is 127. The zero-order valence-corrected chi connectivity index (χ0v) is 16.3. The lowest BCUT2D eigenvalue weighted by molar-refractivity contribution is -0.140. The van der Waals surface area contributed by atoms with Crippen molar-refractivity contribution in [3.05, 3.63) is 16.1 Å². The number of halogens is 4. The van der Waals surface area contributed by atoms with Crippen molar-refractivity contribution in [2.24, 2.45) is 4.99 Å². The maximum absolute atomic E-state index is 12.4. The number of hydrogen-bond donors (Lipinski definition) is 2. The minimum atomic E-state index is -4.39. The second kappa shape index (κ2) is 11.3. The van der Waals surface area contributed by atoms with Gasteiger partial charge in [-0.3, -0.25) is 0 Å². The van der Waals surface area contributed by atoms with Crippen LogP contribution in [0.1, 0.15) is 24.0 Å². The minimum Gasteiger partial charge on any atom is -0.357 e. The molecular formula is C12H20F3IN4S2. The van der Waals surface area contributed by atoms with Crippen LogP contribution in [0.5, 0.6) is 0 Å². The van der Waals surface area contributed by atoms with Crippen LogP contribution in [0.2, 0.25) is 0 Å². The van der Waals surface area contributed by atoms with E-state index in [0.29, 0.717) is 17.5 Å². The Kier molecular flexibility index (Phi) is 11.2. The SMILES string of the molecule is CCNC(=NCc1nc(C(F)(F)F)cs1)NCCCSC.I. The van der Waals surface area contributed by atoms with Crippen molar-refractivity contribution in [1.82, 2.24) is 15.6 Å². The molecule has 22 heavy (non-hydrogen) atoms. The predicted molar refractivity (Wildman–Crippen MR) is 98.3 cm³/mol. The maximum atomic E-state index is 12.4. The molecule has 0 saturated heterocycles. The van der Waals surface area contributed by atoms with E-state index >= 15 is 0 Å². The predicted octanol–water partition coefficient (Wildman–Crippen LogP) is 3.59. The number of thioether (sulfide) groups is 1. The number of hydrogen-bond acceptors (Lipinski definition) is 4. The lowest BCUT2D eigenvalue weighted by Gasteiger charge is -2.10. The molecule has 128 valence electrons. The first kappa shape index (κ1) is 21.8. The molecule has 0 aliphatic heterocycles. The first-order valence-corrected chi connectivity index (χ1v) is 8.77. The summed E-state index contributed by atoms with van der Waals surface area (Å²) < 4.78 is 37.3. The summed E-state index contributed by atoms with van der Waals surface area (Å²) >= 11 is 2.74. The molecule has 10 heteroatoms. The van der Waals surface area contributed by atoms with E-state index < -0.39 is 11.9 Å². The van der Waals surface area contributed by atoms with Gasteiger partial charge < -0.3 is 10.6 Å². The second-order valence-corrected chi connectivity index (χ2v) is 6.02. The molecule has 1 rings (SSSR count). The van der Waals surface area contributed by atoms with E-state index in [1.54, 1.807) is 11.8 Å². The van der Waals surface area contributed by atoms with Gasteiger partial charge in [-0.1, -0.05) is 0 Å². The minimum absolute atomic E-state index is 0. The Morgan fingerprint density at radius 3 is 2.68 bits per heavy atom. The van der Waals surface area contributed by atoms with Gasteiger partial charge in [0, 0.05) is 18.5 Å². The summed E-state index contributed by atoms with van der Waals surface area (Å²) in [7, 11) is 0. The van der Waals surface area contributed by atoms with Crippen LogP contribution in [-0.2, 0) is 12.7 Å². The van der Waals surface area contributed by atoms with Gasteiger partial charge in [-0.05, 0) is 25.4 Å². The summed E-state index contributed by atoms with van der Waals surface area (Å²) in [4.78, 5) is 7.80. The average molecular weight is 468 g/mol. The molecule has 0 radical (unpaired) electrons. The van der Waals surface area contributed by atoms with Gasteiger partial charge in [0.25, 0.3) is 0 Å². The summed E-state index contributed by atoms with van der Waals surface area (Å²) in [6.07, 6.45) is -1.35. The monoisotopic (exact) mass is 468 g/mol. The van der Waals surface area contributed by atoms with E-state index in [1.807, 2.05) is 13.2 Å². The van der Waals surface area contributed by atoms with Gasteiger partial charge in [0.05, 0.1) is 6.54 Å². The Morgan fingerprint density at radius 1 is 1.41 bits per heavy atom. The summed E-state index contributed by atoms with van der Waals surface area (Å²) in [5.41, 5.74) is -0.851. The molecule has 1 aromatic heterocycles. The van der Waals surface area contributed by atoms with E-state index in [0.717, 1.165) is 35.4 Å². The number of aromatic nitrogens is 1. The van der Waals surface area contributed by atoms with Gasteiger partial charge in [-0.2, -0.15) is 24.9 Å². The normalized spacial score (nSPS) is 12.0. The molecule has 0 saturated carbocycles. The summed E-state index contributed by atoms with van der Waals surface area (Å²) in [5.74, 6) is 1.65. The molecule has 0 atom stereocenters. The molecule has 4 nitrogen and oxygen atoms in total. The Labute approximate surface area is 153 Å². The quantitative estimate of drug-likeness (QED) is 0.278. The summed E-state index contributed by atoms with van der Waals surface area (Å²) in [6, 6.07) is 0. The van der Waals surface area contributed by atoms with E-state index in [-0.39, 0.29) is 30.5 Å². The molecule has 0 fully saturated rings. The number of aliphatic imine (C=N–C) groups is 1. The van der Waals surface area contributed by atoms with Gasteiger partial charge in [0.15, 0.2) is 11.7 Å². The number of nitrogens with one attached hydrogen (secondary N) is 2. The van der Waals surface area contributed by atoms with Gasteiger partial charge in [-0.15, -0.1) is 35.3 Å². The van der Waals surface area contributed by atoms with Crippen LogP contribution in [-0.4, -0.2) is 36.0 Å². The fourth-order valence-corrected chi connectivity index (χ4v) is 2.58. The lowest BCUT2D eigenvalue weighted by Crippen LogP contribution is -2.37. The fraction of sp³-hybridized carbons (Fsp3) is 0.667. The number of thiazole rings is 1. The summed E-state index contributed by atoms with van der Waals surface area (Å²) in [5, 5.41) is 7.56. The van der Waals surface area contributed by atoms with Crippen LogP contribution in [0.25, 0.3) is 0 Å². The molecular weight excluding hydrogens is 448 g/mol. The third-order valence-electron chi connectivity index (χ3n) is 2.38. The van der Waals surface area contributed by atoms with Gasteiger partial charge in [0.2, 0.25) is 0 Å². The van der Waals surface area contributed by atoms with E-state index in [2.05, 4.69) is 20.6 Å². The van der Waals surface area contributed by atoms with E-state index in [4.69, 9.17) is 0 Å². The third-order valence-corrected chi connectivity index (χ3v) is 3.91. The van der Waals surface area contributed by atoms with Crippen molar-refractivity contribution in [1.29, 1.82) is 0 Å². The fourth-order valence-electron chi connectivity index (χ4n) is 1.43. The smallest absolute Gasteiger partial charge is 0.357 e. The molecule has 0 aliphatic rings. The number of nitrogens with zero attached hydrogens (tertiary/aromatic N) is 2. The highest BCUT2D eigenvalue weighted by molar-refractivity contribution is 14.0. The van der Waals surface area contributed by atoms with Crippen molar-refractivity contribution in [2.75, 3.05) is 25.1 Å². The Morgan fingerprint density at radius 2 is 2.14 bits per heavy atom. The van der Waals surface area contributed by atoms with Crippen molar-refractivity contribution < 1.29 is 13.2 Å². The van der Waals surface area contributed by atoms with Crippen molar-refractivity contribution >= 4 is 53.0 Å². The first-order valence-electron chi connectivity index (χ1n) is 6.50. The van der Waals surface area contributed by atoms with E-state index in [9.17, 15) is 13.2 Å². The van der Waals surface area contributed by atoms with Crippen molar-refractivity contribution in [2.45, 2.75) is 26.1 Å². The highest BCUT2D eigenvalue weighted by Gasteiger charge is 2.33. The maximum Gasteiger partial charge on any atom is 0.434 e. The number of guanidine groups is 1. The van der Waals surface area contributed by atoms with E-state index in [1.165, 1.54) is 0 Å². The molecule has 0 amide bonds. The van der Waals surface area contributed by atoms with Gasteiger partial charge >= 0.3 is 6.18 Å². The molecule has 1 heterocycles. The largest absolute Gasteiger partial charge is 0.434 e.